The lowest BCUT2D eigenvalue weighted by molar-refractivity contribution is -0.114. The molecule has 0 bridgehead atoms. The maximum Gasteiger partial charge on any atom is 0.254 e. The molecule has 0 unspecified atom stereocenters. The molecule has 24 heavy (non-hydrogen) atoms. The van der Waals surface area contributed by atoms with Crippen molar-refractivity contribution in [3.05, 3.63) is 65.9 Å². The van der Waals surface area contributed by atoms with E-state index < -0.39 is 0 Å². The van der Waals surface area contributed by atoms with E-state index in [4.69, 9.17) is 4.42 Å². The van der Waals surface area contributed by atoms with E-state index in [-0.39, 0.29) is 11.8 Å². The van der Waals surface area contributed by atoms with Gasteiger partial charge in [0.25, 0.3) is 5.91 Å². The van der Waals surface area contributed by atoms with E-state index in [0.29, 0.717) is 17.8 Å². The minimum Gasteiger partial charge on any atom is -0.459 e. The molecule has 122 valence electrons. The lowest BCUT2D eigenvalue weighted by atomic mass is 10.1. The minimum absolute atomic E-state index is 0.136. The first kappa shape index (κ1) is 15.8. The molecule has 2 aromatic carbocycles. The average Bonchev–Trinajstić information content (AvgIpc) is 2.95. The van der Waals surface area contributed by atoms with E-state index in [1.165, 1.54) is 6.92 Å². The Bertz CT molecular complexity index is 865. The van der Waals surface area contributed by atoms with Crippen LogP contribution in [-0.4, -0.2) is 23.8 Å². The fraction of sp³-hybridized carbons (Fsp3) is 0.158. The zero-order chi connectivity index (χ0) is 17.1. The highest BCUT2D eigenvalue weighted by Crippen LogP contribution is 2.20. The summed E-state index contributed by atoms with van der Waals surface area (Å²) >= 11 is 0. The van der Waals surface area contributed by atoms with Gasteiger partial charge in [0, 0.05) is 30.6 Å². The van der Waals surface area contributed by atoms with Gasteiger partial charge in [-0.05, 0) is 30.3 Å². The number of furan rings is 1. The van der Waals surface area contributed by atoms with Gasteiger partial charge in [0.15, 0.2) is 0 Å². The quantitative estimate of drug-likeness (QED) is 0.797. The highest BCUT2D eigenvalue weighted by atomic mass is 16.3. The zero-order valence-electron chi connectivity index (χ0n) is 13.6. The third-order valence-electron chi connectivity index (χ3n) is 3.65. The summed E-state index contributed by atoms with van der Waals surface area (Å²) in [5, 5.41) is 3.69. The van der Waals surface area contributed by atoms with Gasteiger partial charge in [-0.25, -0.2) is 0 Å². The molecule has 0 radical (unpaired) electrons. The zero-order valence-corrected chi connectivity index (χ0v) is 13.6. The van der Waals surface area contributed by atoms with Crippen LogP contribution in [0.3, 0.4) is 0 Å². The first-order valence-corrected chi connectivity index (χ1v) is 7.63. The Morgan fingerprint density at radius 1 is 1.08 bits per heavy atom. The van der Waals surface area contributed by atoms with Crippen molar-refractivity contribution in [3.63, 3.8) is 0 Å². The second-order valence-electron chi connectivity index (χ2n) is 5.67. The molecule has 5 heteroatoms. The number of rotatable bonds is 4. The van der Waals surface area contributed by atoms with Crippen LogP contribution in [0.5, 0.6) is 0 Å². The van der Waals surface area contributed by atoms with Gasteiger partial charge in [-0.3, -0.25) is 9.59 Å². The van der Waals surface area contributed by atoms with Gasteiger partial charge in [-0.2, -0.15) is 0 Å². The summed E-state index contributed by atoms with van der Waals surface area (Å²) in [5.74, 6) is 0.419. The molecule has 0 saturated heterocycles. The summed E-state index contributed by atoms with van der Waals surface area (Å²) in [6, 6.07) is 16.6. The van der Waals surface area contributed by atoms with E-state index in [0.717, 1.165) is 16.7 Å². The number of nitrogens with zero attached hydrogens (tertiary/aromatic N) is 1. The molecule has 0 saturated carbocycles. The number of carbonyl (C=O) groups excluding carboxylic acids is 2. The molecule has 1 aromatic heterocycles. The summed E-state index contributed by atoms with van der Waals surface area (Å²) in [7, 11) is 1.72. The maximum absolute atomic E-state index is 12.6. The fourth-order valence-corrected chi connectivity index (χ4v) is 2.57. The minimum atomic E-state index is -0.171. The highest BCUT2D eigenvalue weighted by Gasteiger charge is 2.15. The predicted octanol–water partition coefficient (Wildman–Crippen LogP) is 3.66. The normalized spacial score (nSPS) is 10.6. The Labute approximate surface area is 139 Å². The van der Waals surface area contributed by atoms with E-state index in [2.05, 4.69) is 5.32 Å². The van der Waals surface area contributed by atoms with Crippen molar-refractivity contribution in [1.82, 2.24) is 4.90 Å². The van der Waals surface area contributed by atoms with Crippen LogP contribution in [0, 0.1) is 0 Å². The topological polar surface area (TPSA) is 62.6 Å². The van der Waals surface area contributed by atoms with Crippen LogP contribution in [0.15, 0.2) is 59.0 Å². The van der Waals surface area contributed by atoms with Crippen molar-refractivity contribution >= 4 is 28.5 Å². The number of nitrogens with one attached hydrogen (secondary N) is 1. The van der Waals surface area contributed by atoms with Crippen molar-refractivity contribution < 1.29 is 14.0 Å². The van der Waals surface area contributed by atoms with Gasteiger partial charge < -0.3 is 14.6 Å². The van der Waals surface area contributed by atoms with Crippen molar-refractivity contribution in [2.45, 2.75) is 13.5 Å². The molecule has 3 rings (SSSR count). The van der Waals surface area contributed by atoms with E-state index >= 15 is 0 Å². The molecule has 0 aliphatic rings. The lowest BCUT2D eigenvalue weighted by Gasteiger charge is -2.16. The molecule has 2 amide bonds. The maximum atomic E-state index is 12.6. The first-order chi connectivity index (χ1) is 11.5. The first-order valence-electron chi connectivity index (χ1n) is 7.63. The molecule has 0 aliphatic heterocycles. The van der Waals surface area contributed by atoms with Crippen molar-refractivity contribution in [2.24, 2.45) is 0 Å². The van der Waals surface area contributed by atoms with E-state index in [1.54, 1.807) is 36.2 Å². The molecule has 0 aliphatic carbocycles. The molecule has 0 spiro atoms. The molecule has 0 atom stereocenters. The summed E-state index contributed by atoms with van der Waals surface area (Å²) in [5.41, 5.74) is 1.92. The van der Waals surface area contributed by atoms with Gasteiger partial charge in [0.2, 0.25) is 5.91 Å². The smallest absolute Gasteiger partial charge is 0.254 e. The SMILES string of the molecule is CC(=O)Nc1cccc(C(=O)N(C)Cc2cc3ccccc3o2)c1. The van der Waals surface area contributed by atoms with Crippen LogP contribution in [-0.2, 0) is 11.3 Å². The van der Waals surface area contributed by atoms with Crippen LogP contribution in [0.4, 0.5) is 5.69 Å². The van der Waals surface area contributed by atoms with Crippen molar-refractivity contribution in [3.8, 4) is 0 Å². The van der Waals surface area contributed by atoms with Crippen LogP contribution in [0.2, 0.25) is 0 Å². The van der Waals surface area contributed by atoms with Crippen molar-refractivity contribution in [2.75, 3.05) is 12.4 Å². The largest absolute Gasteiger partial charge is 0.459 e. The third kappa shape index (κ3) is 3.46. The number of anilines is 1. The molecular weight excluding hydrogens is 304 g/mol. The van der Waals surface area contributed by atoms with Gasteiger partial charge in [0.1, 0.15) is 11.3 Å². The Morgan fingerprint density at radius 3 is 2.62 bits per heavy atom. The summed E-state index contributed by atoms with van der Waals surface area (Å²) in [6.45, 7) is 1.81. The number of fused-ring (bicyclic) bond motifs is 1. The Hall–Kier alpha value is -3.08. The van der Waals surface area contributed by atoms with E-state index in [1.807, 2.05) is 30.3 Å². The van der Waals surface area contributed by atoms with Crippen LogP contribution >= 0.6 is 0 Å². The number of hydrogen-bond acceptors (Lipinski definition) is 3. The van der Waals surface area contributed by atoms with E-state index in [9.17, 15) is 9.59 Å². The second-order valence-corrected chi connectivity index (χ2v) is 5.67. The number of hydrogen-bond donors (Lipinski definition) is 1. The average molecular weight is 322 g/mol. The summed E-state index contributed by atoms with van der Waals surface area (Å²) in [6.07, 6.45) is 0. The standard InChI is InChI=1S/C19H18N2O3/c1-13(22)20-16-8-5-7-15(10-16)19(23)21(2)12-17-11-14-6-3-4-9-18(14)24-17/h3-11H,12H2,1-2H3,(H,20,22). The van der Waals surface area contributed by atoms with Crippen molar-refractivity contribution in [1.29, 1.82) is 0 Å². The summed E-state index contributed by atoms with van der Waals surface area (Å²) in [4.78, 5) is 25.3. The monoisotopic (exact) mass is 322 g/mol. The fourth-order valence-electron chi connectivity index (χ4n) is 2.57. The lowest BCUT2D eigenvalue weighted by Crippen LogP contribution is -2.26. The number of amides is 2. The van der Waals surface area contributed by atoms with Gasteiger partial charge in [-0.15, -0.1) is 0 Å². The molecule has 3 aromatic rings. The predicted molar refractivity (Wildman–Crippen MR) is 92.8 cm³/mol. The Kier molecular flexibility index (Phi) is 4.33. The molecular formula is C19H18N2O3. The molecule has 1 heterocycles. The number of carbonyl (C=O) groups is 2. The highest BCUT2D eigenvalue weighted by molar-refractivity contribution is 5.96. The number of benzene rings is 2. The van der Waals surface area contributed by atoms with Crippen LogP contribution < -0.4 is 5.32 Å². The van der Waals surface area contributed by atoms with Crippen LogP contribution in [0.25, 0.3) is 11.0 Å². The molecule has 1 N–H and O–H groups in total. The molecule has 5 nitrogen and oxygen atoms in total. The third-order valence-corrected chi connectivity index (χ3v) is 3.65. The van der Waals surface area contributed by atoms with Gasteiger partial charge in [-0.1, -0.05) is 24.3 Å². The second kappa shape index (κ2) is 6.58. The van der Waals surface area contributed by atoms with Gasteiger partial charge >= 0.3 is 0 Å². The van der Waals surface area contributed by atoms with Crippen LogP contribution in [0.1, 0.15) is 23.0 Å². The number of para-hydroxylation sites is 1. The summed E-state index contributed by atoms with van der Waals surface area (Å²) < 4.78 is 5.75. The Morgan fingerprint density at radius 2 is 1.88 bits per heavy atom. The Balaban J connectivity index is 1.75. The molecule has 0 fully saturated rings. The van der Waals surface area contributed by atoms with Gasteiger partial charge in [0.05, 0.1) is 6.54 Å².